The summed E-state index contributed by atoms with van der Waals surface area (Å²) < 4.78 is 13.0. The van der Waals surface area contributed by atoms with E-state index in [2.05, 4.69) is 5.32 Å². The van der Waals surface area contributed by atoms with Crippen LogP contribution in [-0.4, -0.2) is 23.1 Å². The van der Waals surface area contributed by atoms with E-state index in [-0.39, 0.29) is 23.7 Å². The maximum absolute atomic E-state index is 13.0. The average molecular weight is 273 g/mol. The van der Waals surface area contributed by atoms with E-state index < -0.39 is 7.12 Å². The summed E-state index contributed by atoms with van der Waals surface area (Å²) in [5.41, 5.74) is 1.20. The molecule has 0 spiro atoms. The zero-order valence-electron chi connectivity index (χ0n) is 10.6. The second-order valence-electron chi connectivity index (χ2n) is 4.31. The molecule has 0 radical (unpaired) electrons. The maximum atomic E-state index is 13.0. The van der Waals surface area contributed by atoms with Gasteiger partial charge >= 0.3 is 7.12 Å². The van der Waals surface area contributed by atoms with Crippen molar-refractivity contribution in [2.45, 2.75) is 6.54 Å². The van der Waals surface area contributed by atoms with Gasteiger partial charge in [-0.1, -0.05) is 24.3 Å². The van der Waals surface area contributed by atoms with Crippen LogP contribution in [0.2, 0.25) is 0 Å². The van der Waals surface area contributed by atoms with E-state index in [1.807, 2.05) is 0 Å². The van der Waals surface area contributed by atoms with Crippen molar-refractivity contribution in [1.82, 2.24) is 5.32 Å². The number of benzene rings is 2. The van der Waals surface area contributed by atoms with Gasteiger partial charge in [-0.3, -0.25) is 4.79 Å². The minimum Gasteiger partial charge on any atom is -0.423 e. The van der Waals surface area contributed by atoms with Crippen LogP contribution >= 0.6 is 0 Å². The number of hydrogen-bond donors (Lipinski definition) is 3. The molecule has 3 N–H and O–H groups in total. The molecule has 0 bridgehead atoms. The lowest BCUT2D eigenvalue weighted by molar-refractivity contribution is 0.0951. The molecule has 0 saturated heterocycles. The third kappa shape index (κ3) is 3.66. The number of halogens is 1. The van der Waals surface area contributed by atoms with Crippen molar-refractivity contribution < 1.29 is 19.2 Å². The van der Waals surface area contributed by atoms with Gasteiger partial charge in [0.15, 0.2) is 0 Å². The molecule has 0 aromatic heterocycles. The zero-order chi connectivity index (χ0) is 14.5. The van der Waals surface area contributed by atoms with Crippen LogP contribution in [0.25, 0.3) is 0 Å². The standard InChI is InChI=1S/C14H13BFNO3/c16-13-6-1-3-10(7-13)9-17-14(18)11-4-2-5-12(8-11)15(19)20/h1-8,19-20H,9H2,(H,17,18). The van der Waals surface area contributed by atoms with Gasteiger partial charge in [-0.25, -0.2) is 4.39 Å². The van der Waals surface area contributed by atoms with Crippen molar-refractivity contribution in [3.63, 3.8) is 0 Å². The van der Waals surface area contributed by atoms with Crippen molar-refractivity contribution >= 4 is 18.5 Å². The van der Waals surface area contributed by atoms with Gasteiger partial charge in [0.2, 0.25) is 0 Å². The molecule has 2 rings (SSSR count). The summed E-state index contributed by atoms with van der Waals surface area (Å²) in [6.07, 6.45) is 0. The van der Waals surface area contributed by atoms with Crippen LogP contribution < -0.4 is 10.8 Å². The molecular formula is C14H13BFNO3. The fraction of sp³-hybridized carbons (Fsp3) is 0.0714. The average Bonchev–Trinajstić information content (AvgIpc) is 2.45. The zero-order valence-corrected chi connectivity index (χ0v) is 10.6. The lowest BCUT2D eigenvalue weighted by Crippen LogP contribution is -2.31. The van der Waals surface area contributed by atoms with Gasteiger partial charge < -0.3 is 15.4 Å². The normalized spacial score (nSPS) is 10.2. The first-order chi connectivity index (χ1) is 9.56. The lowest BCUT2D eigenvalue weighted by Gasteiger charge is -2.07. The molecule has 0 aliphatic heterocycles. The van der Waals surface area contributed by atoms with E-state index in [0.29, 0.717) is 11.1 Å². The Kier molecular flexibility index (Phi) is 4.50. The monoisotopic (exact) mass is 273 g/mol. The predicted octanol–water partition coefficient (Wildman–Crippen LogP) is 0.436. The highest BCUT2D eigenvalue weighted by atomic mass is 19.1. The van der Waals surface area contributed by atoms with E-state index >= 15 is 0 Å². The minimum absolute atomic E-state index is 0.197. The van der Waals surface area contributed by atoms with E-state index in [4.69, 9.17) is 10.0 Å². The van der Waals surface area contributed by atoms with Gasteiger partial charge in [-0.15, -0.1) is 0 Å². The summed E-state index contributed by atoms with van der Waals surface area (Å²) >= 11 is 0. The molecule has 0 fully saturated rings. The molecule has 102 valence electrons. The first kappa shape index (κ1) is 14.2. The van der Waals surface area contributed by atoms with E-state index in [0.717, 1.165) is 0 Å². The largest absolute Gasteiger partial charge is 0.488 e. The number of hydrogen-bond acceptors (Lipinski definition) is 3. The Bertz CT molecular complexity index is 619. The molecule has 1 amide bonds. The van der Waals surface area contributed by atoms with Gasteiger partial charge in [0.25, 0.3) is 5.91 Å². The predicted molar refractivity (Wildman–Crippen MR) is 73.8 cm³/mol. The number of rotatable bonds is 4. The van der Waals surface area contributed by atoms with Crippen molar-refractivity contribution in [2.75, 3.05) is 0 Å². The number of nitrogens with one attached hydrogen (secondary N) is 1. The number of amides is 1. The van der Waals surface area contributed by atoms with Crippen LogP contribution in [0.4, 0.5) is 4.39 Å². The molecule has 20 heavy (non-hydrogen) atoms. The molecule has 0 unspecified atom stereocenters. The van der Waals surface area contributed by atoms with Crippen molar-refractivity contribution in [2.24, 2.45) is 0 Å². The van der Waals surface area contributed by atoms with Crippen molar-refractivity contribution in [3.8, 4) is 0 Å². The molecular weight excluding hydrogens is 260 g/mol. The molecule has 4 nitrogen and oxygen atoms in total. The first-order valence-electron chi connectivity index (χ1n) is 6.05. The Morgan fingerprint density at radius 3 is 2.60 bits per heavy atom. The molecule has 2 aromatic rings. The quantitative estimate of drug-likeness (QED) is 0.708. The SMILES string of the molecule is O=C(NCc1cccc(F)c1)c1cccc(B(O)O)c1. The Morgan fingerprint density at radius 2 is 1.90 bits per heavy atom. The van der Waals surface area contributed by atoms with Gasteiger partial charge in [-0.05, 0) is 35.3 Å². The molecule has 2 aromatic carbocycles. The third-order valence-corrected chi connectivity index (χ3v) is 2.79. The van der Waals surface area contributed by atoms with E-state index in [9.17, 15) is 9.18 Å². The summed E-state index contributed by atoms with van der Waals surface area (Å²) in [6.45, 7) is 0.197. The Balaban J connectivity index is 2.03. The van der Waals surface area contributed by atoms with Crippen LogP contribution in [0, 0.1) is 5.82 Å². The Labute approximate surface area is 116 Å². The second kappa shape index (κ2) is 6.32. The topological polar surface area (TPSA) is 69.6 Å². The fourth-order valence-electron chi connectivity index (χ4n) is 1.77. The molecule has 6 heteroatoms. The number of carbonyl (C=O) groups is 1. The summed E-state index contributed by atoms with van der Waals surface area (Å²) in [6, 6.07) is 12.0. The minimum atomic E-state index is -1.62. The summed E-state index contributed by atoms with van der Waals surface area (Å²) in [7, 11) is -1.62. The van der Waals surface area contributed by atoms with Crippen LogP contribution in [0.5, 0.6) is 0 Å². The van der Waals surface area contributed by atoms with Gasteiger partial charge in [0, 0.05) is 12.1 Å². The smallest absolute Gasteiger partial charge is 0.423 e. The van der Waals surface area contributed by atoms with E-state index in [1.165, 1.54) is 24.3 Å². The molecule has 0 heterocycles. The third-order valence-electron chi connectivity index (χ3n) is 2.79. The number of carbonyl (C=O) groups excluding carboxylic acids is 1. The summed E-state index contributed by atoms with van der Waals surface area (Å²) in [4.78, 5) is 11.9. The van der Waals surface area contributed by atoms with E-state index in [1.54, 1.807) is 24.3 Å². The maximum Gasteiger partial charge on any atom is 0.488 e. The van der Waals surface area contributed by atoms with Crippen LogP contribution in [0.3, 0.4) is 0 Å². The van der Waals surface area contributed by atoms with Crippen LogP contribution in [0.15, 0.2) is 48.5 Å². The highest BCUT2D eigenvalue weighted by molar-refractivity contribution is 6.58. The Hall–Kier alpha value is -2.18. The molecule has 0 atom stereocenters. The summed E-state index contributed by atoms with van der Waals surface area (Å²) in [5.74, 6) is -0.723. The van der Waals surface area contributed by atoms with Gasteiger partial charge in [0.05, 0.1) is 0 Å². The molecule has 0 aliphatic carbocycles. The van der Waals surface area contributed by atoms with Crippen molar-refractivity contribution in [1.29, 1.82) is 0 Å². The van der Waals surface area contributed by atoms with Gasteiger partial charge in [0.1, 0.15) is 5.82 Å². The molecule has 0 aliphatic rings. The van der Waals surface area contributed by atoms with Crippen molar-refractivity contribution in [3.05, 3.63) is 65.5 Å². The lowest BCUT2D eigenvalue weighted by atomic mass is 9.79. The summed E-state index contributed by atoms with van der Waals surface area (Å²) in [5, 5.41) is 20.7. The second-order valence-corrected chi connectivity index (χ2v) is 4.31. The highest BCUT2D eigenvalue weighted by Gasteiger charge is 2.13. The fourth-order valence-corrected chi connectivity index (χ4v) is 1.77. The first-order valence-corrected chi connectivity index (χ1v) is 6.05. The highest BCUT2D eigenvalue weighted by Crippen LogP contribution is 2.04. The Morgan fingerprint density at radius 1 is 1.15 bits per heavy atom. The van der Waals surface area contributed by atoms with Gasteiger partial charge in [-0.2, -0.15) is 0 Å². The van der Waals surface area contributed by atoms with Crippen LogP contribution in [-0.2, 0) is 6.54 Å². The molecule has 0 saturated carbocycles. The van der Waals surface area contributed by atoms with Crippen LogP contribution in [0.1, 0.15) is 15.9 Å².